The predicted octanol–water partition coefficient (Wildman–Crippen LogP) is 3.30. The summed E-state index contributed by atoms with van der Waals surface area (Å²) in [6.45, 7) is 0. The first kappa shape index (κ1) is 13.3. The average molecular weight is 299 g/mol. The molecule has 0 unspecified atom stereocenters. The second-order valence-corrected chi connectivity index (χ2v) is 4.21. The highest BCUT2D eigenvalue weighted by Crippen LogP contribution is 2.30. The summed E-state index contributed by atoms with van der Waals surface area (Å²) in [6, 6.07) is 6.01. The van der Waals surface area contributed by atoms with Gasteiger partial charge in [-0.1, -0.05) is 12.1 Å². The Morgan fingerprint density at radius 1 is 0.810 bits per heavy atom. The minimum absolute atomic E-state index is 0.123. The minimum Gasteiger partial charge on any atom is -0.369 e. The van der Waals surface area contributed by atoms with Crippen LogP contribution in [0.3, 0.4) is 0 Å². The van der Waals surface area contributed by atoms with Crippen molar-refractivity contribution in [1.82, 2.24) is 9.55 Å². The molecule has 0 spiro atoms. The fourth-order valence-corrected chi connectivity index (χ4v) is 2.07. The number of imidazole rings is 1. The number of para-hydroxylation sites is 2. The van der Waals surface area contributed by atoms with Crippen molar-refractivity contribution in [3.8, 4) is 5.69 Å². The minimum atomic E-state index is -2.23. The lowest BCUT2D eigenvalue weighted by Crippen LogP contribution is -2.11. The van der Waals surface area contributed by atoms with E-state index < -0.39 is 34.8 Å². The standard InChI is InChI=1S/C13H6F5N3/c14-7-8(15)10(17)12(11(18)9(7)16)21-6-4-2-1-3-5(6)20-13(21)19/h1-4H,(H2,19,20). The molecule has 0 bridgehead atoms. The monoisotopic (exact) mass is 299 g/mol. The topological polar surface area (TPSA) is 43.8 Å². The number of nitrogen functional groups attached to an aromatic ring is 1. The van der Waals surface area contributed by atoms with Crippen molar-refractivity contribution in [3.63, 3.8) is 0 Å². The first-order chi connectivity index (χ1) is 9.93. The predicted molar refractivity (Wildman–Crippen MR) is 65.3 cm³/mol. The normalized spacial score (nSPS) is 11.3. The van der Waals surface area contributed by atoms with E-state index in [4.69, 9.17) is 5.73 Å². The third kappa shape index (κ3) is 1.75. The van der Waals surface area contributed by atoms with E-state index in [-0.39, 0.29) is 17.0 Å². The maximum absolute atomic E-state index is 13.8. The highest BCUT2D eigenvalue weighted by atomic mass is 19.2. The molecule has 3 nitrogen and oxygen atoms in total. The molecule has 0 saturated carbocycles. The van der Waals surface area contributed by atoms with Crippen molar-refractivity contribution in [3.05, 3.63) is 53.4 Å². The summed E-state index contributed by atoms with van der Waals surface area (Å²) in [6.07, 6.45) is 0. The molecule has 1 heterocycles. The van der Waals surface area contributed by atoms with Crippen molar-refractivity contribution in [2.24, 2.45) is 0 Å². The number of rotatable bonds is 1. The van der Waals surface area contributed by atoms with Gasteiger partial charge in [-0.2, -0.15) is 0 Å². The quantitative estimate of drug-likeness (QED) is 0.425. The summed E-state index contributed by atoms with van der Waals surface area (Å²) in [5, 5.41) is 0. The fourth-order valence-electron chi connectivity index (χ4n) is 2.07. The summed E-state index contributed by atoms with van der Waals surface area (Å²) in [7, 11) is 0. The van der Waals surface area contributed by atoms with E-state index >= 15 is 0 Å². The molecular formula is C13H6F5N3. The lowest BCUT2D eigenvalue weighted by molar-refractivity contribution is 0.376. The van der Waals surface area contributed by atoms with Gasteiger partial charge in [0, 0.05) is 0 Å². The molecule has 0 radical (unpaired) electrons. The van der Waals surface area contributed by atoms with Crippen molar-refractivity contribution in [1.29, 1.82) is 0 Å². The third-order valence-electron chi connectivity index (χ3n) is 3.00. The van der Waals surface area contributed by atoms with E-state index in [9.17, 15) is 22.0 Å². The molecule has 0 aliphatic heterocycles. The summed E-state index contributed by atoms with van der Waals surface area (Å²) in [5.74, 6) is -10.6. The number of halogens is 5. The number of nitrogens with two attached hydrogens (primary N) is 1. The van der Waals surface area contributed by atoms with E-state index in [0.717, 1.165) is 0 Å². The van der Waals surface area contributed by atoms with E-state index in [1.807, 2.05) is 0 Å². The van der Waals surface area contributed by atoms with E-state index in [1.165, 1.54) is 18.2 Å². The molecule has 0 fully saturated rings. The third-order valence-corrected chi connectivity index (χ3v) is 3.00. The lowest BCUT2D eigenvalue weighted by atomic mass is 10.2. The fraction of sp³-hybridized carbons (Fsp3) is 0. The Balaban J connectivity index is 2.47. The Hall–Kier alpha value is -2.64. The molecule has 3 rings (SSSR count). The van der Waals surface area contributed by atoms with Crippen LogP contribution in [-0.4, -0.2) is 9.55 Å². The zero-order valence-electron chi connectivity index (χ0n) is 10.2. The van der Waals surface area contributed by atoms with Crippen LogP contribution in [0.15, 0.2) is 24.3 Å². The molecule has 108 valence electrons. The second-order valence-electron chi connectivity index (χ2n) is 4.21. The van der Waals surface area contributed by atoms with E-state index in [1.54, 1.807) is 6.07 Å². The summed E-state index contributed by atoms with van der Waals surface area (Å²) in [5.41, 5.74) is 4.77. The van der Waals surface area contributed by atoms with Gasteiger partial charge in [0.15, 0.2) is 23.3 Å². The molecule has 21 heavy (non-hydrogen) atoms. The summed E-state index contributed by atoms with van der Waals surface area (Å²) >= 11 is 0. The molecular weight excluding hydrogens is 293 g/mol. The molecule has 0 saturated heterocycles. The lowest BCUT2D eigenvalue weighted by Gasteiger charge is -2.11. The van der Waals surface area contributed by atoms with Gasteiger partial charge in [-0.15, -0.1) is 0 Å². The molecule has 2 N–H and O–H groups in total. The molecule has 0 aliphatic carbocycles. The van der Waals surface area contributed by atoms with Gasteiger partial charge in [-0.05, 0) is 12.1 Å². The smallest absolute Gasteiger partial charge is 0.206 e. The maximum Gasteiger partial charge on any atom is 0.206 e. The Labute approximate surface area is 114 Å². The molecule has 0 atom stereocenters. The first-order valence-electron chi connectivity index (χ1n) is 5.68. The van der Waals surface area contributed by atoms with Gasteiger partial charge >= 0.3 is 0 Å². The van der Waals surface area contributed by atoms with E-state index in [2.05, 4.69) is 4.98 Å². The highest BCUT2D eigenvalue weighted by molar-refractivity contribution is 5.80. The van der Waals surface area contributed by atoms with Gasteiger partial charge < -0.3 is 5.73 Å². The van der Waals surface area contributed by atoms with Gasteiger partial charge in [0.1, 0.15) is 5.69 Å². The number of hydrogen-bond acceptors (Lipinski definition) is 2. The largest absolute Gasteiger partial charge is 0.369 e. The van der Waals surface area contributed by atoms with Gasteiger partial charge in [0.25, 0.3) is 0 Å². The van der Waals surface area contributed by atoms with Crippen LogP contribution >= 0.6 is 0 Å². The van der Waals surface area contributed by atoms with Crippen LogP contribution in [0, 0.1) is 29.1 Å². The van der Waals surface area contributed by atoms with Crippen molar-refractivity contribution < 1.29 is 22.0 Å². The van der Waals surface area contributed by atoms with Crippen LogP contribution in [-0.2, 0) is 0 Å². The van der Waals surface area contributed by atoms with Gasteiger partial charge in [0.2, 0.25) is 11.8 Å². The van der Waals surface area contributed by atoms with Gasteiger partial charge in [0.05, 0.1) is 11.0 Å². The molecule has 0 aliphatic rings. The Morgan fingerprint density at radius 2 is 1.33 bits per heavy atom. The number of fused-ring (bicyclic) bond motifs is 1. The van der Waals surface area contributed by atoms with Crippen LogP contribution in [0.1, 0.15) is 0 Å². The van der Waals surface area contributed by atoms with Crippen molar-refractivity contribution >= 4 is 17.0 Å². The van der Waals surface area contributed by atoms with Crippen LogP contribution < -0.4 is 5.73 Å². The SMILES string of the molecule is Nc1nc2ccccc2n1-c1c(F)c(F)c(F)c(F)c1F. The van der Waals surface area contributed by atoms with Gasteiger partial charge in [-0.25, -0.2) is 26.9 Å². The molecule has 2 aromatic carbocycles. The number of nitrogens with zero attached hydrogens (tertiary/aromatic N) is 2. The van der Waals surface area contributed by atoms with Gasteiger partial charge in [-0.3, -0.25) is 4.57 Å². The number of aromatic nitrogens is 2. The number of benzene rings is 2. The second kappa shape index (κ2) is 4.44. The number of hydrogen-bond donors (Lipinski definition) is 1. The summed E-state index contributed by atoms with van der Waals surface area (Å²) < 4.78 is 68.0. The van der Waals surface area contributed by atoms with E-state index in [0.29, 0.717) is 4.57 Å². The maximum atomic E-state index is 13.8. The van der Waals surface area contributed by atoms with Crippen LogP contribution in [0.25, 0.3) is 16.7 Å². The van der Waals surface area contributed by atoms with Crippen molar-refractivity contribution in [2.75, 3.05) is 5.73 Å². The Morgan fingerprint density at radius 3 is 1.95 bits per heavy atom. The molecule has 1 aromatic heterocycles. The van der Waals surface area contributed by atoms with Crippen LogP contribution in [0.2, 0.25) is 0 Å². The molecule has 8 heteroatoms. The highest BCUT2D eigenvalue weighted by Gasteiger charge is 2.28. The zero-order chi connectivity index (χ0) is 15.3. The zero-order valence-corrected chi connectivity index (χ0v) is 10.2. The van der Waals surface area contributed by atoms with Crippen LogP contribution in [0.5, 0.6) is 0 Å². The molecule has 3 aromatic rings. The first-order valence-corrected chi connectivity index (χ1v) is 5.68. The van der Waals surface area contributed by atoms with Crippen LogP contribution in [0.4, 0.5) is 27.9 Å². The number of anilines is 1. The Kier molecular flexibility index (Phi) is 2.82. The molecule has 0 amide bonds. The average Bonchev–Trinajstić information content (AvgIpc) is 2.80. The van der Waals surface area contributed by atoms with Crippen molar-refractivity contribution in [2.45, 2.75) is 0 Å². The summed E-state index contributed by atoms with van der Waals surface area (Å²) in [4.78, 5) is 3.82. The Bertz CT molecular complexity index is 843.